The molecule has 0 saturated carbocycles. The van der Waals surface area contributed by atoms with Crippen LogP contribution in [0, 0.1) is 13.8 Å². The highest BCUT2D eigenvalue weighted by atomic mass is 35.5. The van der Waals surface area contributed by atoms with E-state index in [1.54, 1.807) is 18.2 Å². The van der Waals surface area contributed by atoms with Crippen LogP contribution in [-0.2, 0) is 6.54 Å². The van der Waals surface area contributed by atoms with Crippen molar-refractivity contribution >= 4 is 23.3 Å². The van der Waals surface area contributed by atoms with Gasteiger partial charge in [0.05, 0.1) is 17.9 Å². The maximum Gasteiger partial charge on any atom is 0.270 e. The van der Waals surface area contributed by atoms with Crippen LogP contribution >= 0.6 is 11.6 Å². The van der Waals surface area contributed by atoms with Gasteiger partial charge < -0.3 is 5.32 Å². The molecule has 0 unspecified atom stereocenters. The molecule has 1 atom stereocenters. The van der Waals surface area contributed by atoms with Gasteiger partial charge in [0.25, 0.3) is 11.7 Å². The molecular weight excluding hydrogens is 390 g/mol. The Morgan fingerprint density at radius 3 is 2.66 bits per heavy atom. The van der Waals surface area contributed by atoms with Crippen LogP contribution in [0.2, 0.25) is 5.02 Å². The van der Waals surface area contributed by atoms with Crippen molar-refractivity contribution in [1.82, 2.24) is 34.7 Å². The average molecular weight is 410 g/mol. The number of hydrogen-bond donors (Lipinski definition) is 1. The summed E-state index contributed by atoms with van der Waals surface area (Å²) >= 11 is 5.98. The molecule has 1 aromatic carbocycles. The lowest BCUT2D eigenvalue weighted by Gasteiger charge is -2.16. The van der Waals surface area contributed by atoms with Crippen molar-refractivity contribution in [3.05, 3.63) is 64.8 Å². The molecule has 1 amide bonds. The minimum atomic E-state index is -0.257. The van der Waals surface area contributed by atoms with Crippen LogP contribution in [-0.4, -0.2) is 41.3 Å². The van der Waals surface area contributed by atoms with E-state index >= 15 is 0 Å². The van der Waals surface area contributed by atoms with Crippen molar-refractivity contribution < 1.29 is 4.79 Å². The molecule has 9 heteroatoms. The maximum atomic E-state index is 13.0. The van der Waals surface area contributed by atoms with E-state index in [0.717, 1.165) is 17.0 Å². The monoisotopic (exact) mass is 409 g/mol. The van der Waals surface area contributed by atoms with Gasteiger partial charge in [-0.15, -0.1) is 0 Å². The number of aryl methyl sites for hydroxylation is 2. The number of nitrogens with zero attached hydrogens (tertiary/aromatic N) is 6. The van der Waals surface area contributed by atoms with Crippen LogP contribution in [0.25, 0.3) is 17.0 Å². The predicted octanol–water partition coefficient (Wildman–Crippen LogP) is 3.08. The van der Waals surface area contributed by atoms with Crippen molar-refractivity contribution in [2.75, 3.05) is 0 Å². The number of hydrogen-bond acceptors (Lipinski definition) is 5. The van der Waals surface area contributed by atoms with E-state index in [1.807, 2.05) is 43.7 Å². The summed E-state index contributed by atoms with van der Waals surface area (Å²) in [5, 5.41) is 12.2. The smallest absolute Gasteiger partial charge is 0.270 e. The van der Waals surface area contributed by atoms with Gasteiger partial charge in [0.1, 0.15) is 12.0 Å². The minimum Gasteiger partial charge on any atom is -0.346 e. The Balaban J connectivity index is 1.62. The Hall–Kier alpha value is -3.26. The van der Waals surface area contributed by atoms with Crippen LogP contribution < -0.4 is 5.32 Å². The van der Waals surface area contributed by atoms with Gasteiger partial charge in [-0.25, -0.2) is 4.98 Å². The first kappa shape index (κ1) is 19.1. The Morgan fingerprint density at radius 2 is 1.97 bits per heavy atom. The fourth-order valence-corrected chi connectivity index (χ4v) is 3.33. The summed E-state index contributed by atoms with van der Waals surface area (Å²) in [6.07, 6.45) is 1.38. The lowest BCUT2D eigenvalue weighted by Crippen LogP contribution is -2.37. The summed E-state index contributed by atoms with van der Waals surface area (Å²) in [5.41, 5.74) is 3.82. The molecule has 4 aromatic rings. The van der Waals surface area contributed by atoms with Gasteiger partial charge in [0.15, 0.2) is 0 Å². The van der Waals surface area contributed by atoms with Crippen LogP contribution in [0.5, 0.6) is 0 Å². The van der Waals surface area contributed by atoms with Crippen LogP contribution in [0.1, 0.15) is 28.8 Å². The summed E-state index contributed by atoms with van der Waals surface area (Å²) in [4.78, 5) is 21.6. The Kier molecular flexibility index (Phi) is 5.02. The highest BCUT2D eigenvalue weighted by Crippen LogP contribution is 2.21. The SMILES string of the molecule is Cc1cc(C)n(C[C@@H](C)NC(=O)c2cc(-c3ccc(Cl)cc3)nc3ncnn23)n1. The van der Waals surface area contributed by atoms with Gasteiger partial charge in [0, 0.05) is 22.3 Å². The second-order valence-corrected chi connectivity index (χ2v) is 7.43. The molecule has 0 bridgehead atoms. The van der Waals surface area contributed by atoms with Gasteiger partial charge in [-0.1, -0.05) is 23.7 Å². The zero-order valence-corrected chi connectivity index (χ0v) is 17.1. The number of benzene rings is 1. The number of nitrogens with one attached hydrogen (secondary N) is 1. The van der Waals surface area contributed by atoms with Gasteiger partial charge in [-0.05, 0) is 45.0 Å². The number of carbonyl (C=O) groups excluding carboxylic acids is 1. The number of halogens is 1. The van der Waals surface area contributed by atoms with Crippen molar-refractivity contribution in [1.29, 1.82) is 0 Å². The van der Waals surface area contributed by atoms with E-state index in [-0.39, 0.29) is 11.9 Å². The maximum absolute atomic E-state index is 13.0. The highest BCUT2D eigenvalue weighted by Gasteiger charge is 2.18. The Morgan fingerprint density at radius 1 is 1.21 bits per heavy atom. The molecule has 3 aromatic heterocycles. The Bertz CT molecular complexity index is 1180. The second-order valence-electron chi connectivity index (χ2n) is 6.99. The first-order chi connectivity index (χ1) is 13.9. The molecular formula is C20H20ClN7O. The lowest BCUT2D eigenvalue weighted by molar-refractivity contribution is 0.0928. The fraction of sp³-hybridized carbons (Fsp3) is 0.250. The predicted molar refractivity (Wildman–Crippen MR) is 110 cm³/mol. The van der Waals surface area contributed by atoms with Crippen molar-refractivity contribution in [3.8, 4) is 11.3 Å². The molecule has 0 fully saturated rings. The number of aromatic nitrogens is 6. The molecule has 3 heterocycles. The van der Waals surface area contributed by atoms with Crippen molar-refractivity contribution in [2.45, 2.75) is 33.4 Å². The third kappa shape index (κ3) is 3.97. The zero-order chi connectivity index (χ0) is 20.5. The molecule has 4 rings (SSSR count). The van der Waals surface area contributed by atoms with Gasteiger partial charge in [-0.3, -0.25) is 9.48 Å². The molecule has 1 N–H and O–H groups in total. The lowest BCUT2D eigenvalue weighted by atomic mass is 10.1. The fourth-order valence-electron chi connectivity index (χ4n) is 3.21. The van der Waals surface area contributed by atoms with Crippen LogP contribution in [0.4, 0.5) is 0 Å². The summed E-state index contributed by atoms with van der Waals surface area (Å²) in [5.74, 6) is 0.0981. The van der Waals surface area contributed by atoms with Crippen LogP contribution in [0.3, 0.4) is 0 Å². The summed E-state index contributed by atoms with van der Waals surface area (Å²) < 4.78 is 3.32. The first-order valence-electron chi connectivity index (χ1n) is 9.19. The molecule has 0 aliphatic heterocycles. The van der Waals surface area contributed by atoms with E-state index in [9.17, 15) is 4.79 Å². The molecule has 29 heavy (non-hydrogen) atoms. The summed E-state index contributed by atoms with van der Waals surface area (Å²) in [7, 11) is 0. The highest BCUT2D eigenvalue weighted by molar-refractivity contribution is 6.30. The van der Waals surface area contributed by atoms with E-state index < -0.39 is 0 Å². The molecule has 0 spiro atoms. The molecule has 0 saturated heterocycles. The van der Waals surface area contributed by atoms with E-state index in [4.69, 9.17) is 11.6 Å². The average Bonchev–Trinajstić information content (AvgIpc) is 3.27. The number of carbonyl (C=O) groups is 1. The number of fused-ring (bicyclic) bond motifs is 1. The summed E-state index contributed by atoms with van der Waals surface area (Å²) in [6.45, 7) is 6.45. The van der Waals surface area contributed by atoms with E-state index in [0.29, 0.717) is 28.7 Å². The largest absolute Gasteiger partial charge is 0.346 e. The molecule has 0 aliphatic rings. The number of amides is 1. The van der Waals surface area contributed by atoms with E-state index in [2.05, 4.69) is 25.5 Å². The van der Waals surface area contributed by atoms with E-state index in [1.165, 1.54) is 10.8 Å². The summed E-state index contributed by atoms with van der Waals surface area (Å²) in [6, 6.07) is 10.8. The normalized spacial score (nSPS) is 12.3. The van der Waals surface area contributed by atoms with Crippen molar-refractivity contribution in [2.24, 2.45) is 0 Å². The zero-order valence-electron chi connectivity index (χ0n) is 16.3. The minimum absolute atomic E-state index is 0.133. The first-order valence-corrected chi connectivity index (χ1v) is 9.57. The second kappa shape index (κ2) is 7.63. The molecule has 0 aliphatic carbocycles. The molecule has 0 radical (unpaired) electrons. The number of rotatable bonds is 5. The third-order valence-electron chi connectivity index (χ3n) is 4.55. The standard InChI is InChI=1S/C20H20ClN7O/c1-12-8-14(3)27(26-12)10-13(2)24-19(29)18-9-17(15-4-6-16(21)7-5-15)25-20-22-11-23-28(18)20/h4-9,11,13H,10H2,1-3H3,(H,24,29)/t13-/m1/s1. The van der Waals surface area contributed by atoms with Gasteiger partial charge >= 0.3 is 0 Å². The van der Waals surface area contributed by atoms with Crippen LogP contribution in [0.15, 0.2) is 42.7 Å². The topological polar surface area (TPSA) is 90.0 Å². The van der Waals surface area contributed by atoms with Gasteiger partial charge in [0.2, 0.25) is 0 Å². The van der Waals surface area contributed by atoms with Gasteiger partial charge in [-0.2, -0.15) is 19.7 Å². The molecule has 8 nitrogen and oxygen atoms in total. The quantitative estimate of drug-likeness (QED) is 0.547. The van der Waals surface area contributed by atoms with Crippen molar-refractivity contribution in [3.63, 3.8) is 0 Å². The molecule has 148 valence electrons. The Labute approximate surface area is 172 Å². The third-order valence-corrected chi connectivity index (χ3v) is 4.80.